The molecule has 1 aliphatic rings. The SMILES string of the molecule is CC(=O)N(CCNS(=O)(=O)c1ccc2c(c1)OCCO2)C(C)(C)C. The topological polar surface area (TPSA) is 84.9 Å². The van der Waals surface area contributed by atoms with Crippen LogP contribution < -0.4 is 14.2 Å². The normalized spacial score (nSPS) is 14.3. The number of fused-ring (bicyclic) bond motifs is 1. The zero-order chi connectivity index (χ0) is 18.0. The molecule has 1 heterocycles. The molecule has 0 spiro atoms. The third-order valence-electron chi connectivity index (χ3n) is 3.64. The second-order valence-corrected chi connectivity index (χ2v) is 8.31. The molecule has 2 rings (SSSR count). The van der Waals surface area contributed by atoms with Gasteiger partial charge in [0.15, 0.2) is 11.5 Å². The molecule has 0 aromatic heterocycles. The summed E-state index contributed by atoms with van der Waals surface area (Å²) in [5, 5.41) is 0. The lowest BCUT2D eigenvalue weighted by molar-refractivity contribution is -0.133. The van der Waals surface area contributed by atoms with Crippen molar-refractivity contribution in [3.63, 3.8) is 0 Å². The van der Waals surface area contributed by atoms with E-state index in [2.05, 4.69) is 4.72 Å². The first kappa shape index (κ1) is 18.5. The molecule has 0 saturated carbocycles. The van der Waals surface area contributed by atoms with E-state index in [1.165, 1.54) is 19.1 Å². The Hall–Kier alpha value is -1.80. The van der Waals surface area contributed by atoms with E-state index in [1.807, 2.05) is 20.8 Å². The molecule has 1 aromatic rings. The first-order chi connectivity index (χ1) is 11.1. The molecule has 1 aromatic carbocycles. The van der Waals surface area contributed by atoms with Gasteiger partial charge in [-0.05, 0) is 32.9 Å². The molecule has 0 bridgehead atoms. The van der Waals surface area contributed by atoms with E-state index in [0.717, 1.165) is 0 Å². The number of amides is 1. The van der Waals surface area contributed by atoms with Gasteiger partial charge in [-0.3, -0.25) is 4.79 Å². The highest BCUT2D eigenvalue weighted by Gasteiger charge is 2.24. The van der Waals surface area contributed by atoms with E-state index in [4.69, 9.17) is 9.47 Å². The fraction of sp³-hybridized carbons (Fsp3) is 0.562. The monoisotopic (exact) mass is 356 g/mol. The molecule has 0 radical (unpaired) electrons. The van der Waals surface area contributed by atoms with Crippen molar-refractivity contribution in [2.45, 2.75) is 38.1 Å². The predicted molar refractivity (Wildman–Crippen MR) is 89.8 cm³/mol. The first-order valence-corrected chi connectivity index (χ1v) is 9.27. The summed E-state index contributed by atoms with van der Waals surface area (Å²) in [6, 6.07) is 4.51. The van der Waals surface area contributed by atoms with Gasteiger partial charge in [-0.2, -0.15) is 0 Å². The van der Waals surface area contributed by atoms with Crippen molar-refractivity contribution in [2.24, 2.45) is 0 Å². The second-order valence-electron chi connectivity index (χ2n) is 6.54. The van der Waals surface area contributed by atoms with Gasteiger partial charge in [0.25, 0.3) is 0 Å². The molecule has 7 nitrogen and oxygen atoms in total. The number of ether oxygens (including phenoxy) is 2. The summed E-state index contributed by atoms with van der Waals surface area (Å²) in [6.45, 7) is 8.46. The van der Waals surface area contributed by atoms with E-state index >= 15 is 0 Å². The number of nitrogens with zero attached hydrogens (tertiary/aromatic N) is 1. The summed E-state index contributed by atoms with van der Waals surface area (Å²) in [5.74, 6) is 0.862. The minimum absolute atomic E-state index is 0.0963. The first-order valence-electron chi connectivity index (χ1n) is 7.79. The molecule has 0 saturated heterocycles. The Morgan fingerprint density at radius 1 is 1.21 bits per heavy atom. The summed E-state index contributed by atoms with van der Waals surface area (Å²) < 4.78 is 38.1. The molecule has 24 heavy (non-hydrogen) atoms. The number of carbonyl (C=O) groups excluding carboxylic acids is 1. The van der Waals surface area contributed by atoms with Crippen molar-refractivity contribution < 1.29 is 22.7 Å². The van der Waals surface area contributed by atoms with Gasteiger partial charge < -0.3 is 14.4 Å². The number of rotatable bonds is 5. The number of benzene rings is 1. The summed E-state index contributed by atoms with van der Waals surface area (Å²) in [7, 11) is -3.68. The van der Waals surface area contributed by atoms with Gasteiger partial charge in [0.2, 0.25) is 15.9 Å². The Balaban J connectivity index is 2.05. The van der Waals surface area contributed by atoms with Crippen LogP contribution in [0.1, 0.15) is 27.7 Å². The highest BCUT2D eigenvalue weighted by atomic mass is 32.2. The maximum absolute atomic E-state index is 12.4. The minimum atomic E-state index is -3.68. The van der Waals surface area contributed by atoms with Crippen molar-refractivity contribution >= 4 is 15.9 Å². The Labute approximate surface area is 143 Å². The van der Waals surface area contributed by atoms with Crippen LogP contribution in [0.25, 0.3) is 0 Å². The number of carbonyl (C=O) groups is 1. The summed E-state index contributed by atoms with van der Waals surface area (Å²) in [5.41, 5.74) is -0.367. The molecule has 0 unspecified atom stereocenters. The maximum atomic E-state index is 12.4. The molecule has 1 aliphatic heterocycles. The molecule has 1 amide bonds. The van der Waals surface area contributed by atoms with Crippen LogP contribution in [0, 0.1) is 0 Å². The Bertz CT molecular complexity index is 710. The fourth-order valence-electron chi connectivity index (χ4n) is 2.53. The molecule has 134 valence electrons. The van der Waals surface area contributed by atoms with E-state index in [1.54, 1.807) is 11.0 Å². The van der Waals surface area contributed by atoms with Crippen molar-refractivity contribution in [1.82, 2.24) is 9.62 Å². The van der Waals surface area contributed by atoms with E-state index in [9.17, 15) is 13.2 Å². The lowest BCUT2D eigenvalue weighted by Crippen LogP contribution is -2.48. The van der Waals surface area contributed by atoms with Gasteiger partial charge in [-0.15, -0.1) is 0 Å². The molecular weight excluding hydrogens is 332 g/mol. The zero-order valence-corrected chi connectivity index (χ0v) is 15.3. The third kappa shape index (κ3) is 4.39. The molecule has 8 heteroatoms. The molecule has 0 aliphatic carbocycles. The average molecular weight is 356 g/mol. The van der Waals surface area contributed by atoms with Crippen molar-refractivity contribution in [2.75, 3.05) is 26.3 Å². The van der Waals surface area contributed by atoms with Crippen molar-refractivity contribution in [3.8, 4) is 11.5 Å². The highest BCUT2D eigenvalue weighted by Crippen LogP contribution is 2.32. The van der Waals surface area contributed by atoms with Gasteiger partial charge >= 0.3 is 0 Å². The quantitative estimate of drug-likeness (QED) is 0.862. The molecule has 1 N–H and O–H groups in total. The Morgan fingerprint density at radius 2 is 1.83 bits per heavy atom. The van der Waals surface area contributed by atoms with Crippen LogP contribution >= 0.6 is 0 Å². The van der Waals surface area contributed by atoms with Crippen molar-refractivity contribution in [3.05, 3.63) is 18.2 Å². The van der Waals surface area contributed by atoms with Crippen LogP contribution in [0.5, 0.6) is 11.5 Å². The van der Waals surface area contributed by atoms with Crippen LogP contribution in [0.2, 0.25) is 0 Å². The number of hydrogen-bond acceptors (Lipinski definition) is 5. The van der Waals surface area contributed by atoms with Crippen LogP contribution in [0.4, 0.5) is 0 Å². The van der Waals surface area contributed by atoms with Gasteiger partial charge in [0.1, 0.15) is 13.2 Å². The number of hydrogen-bond donors (Lipinski definition) is 1. The van der Waals surface area contributed by atoms with E-state index in [-0.39, 0.29) is 22.9 Å². The van der Waals surface area contributed by atoms with Gasteiger partial charge in [0, 0.05) is 31.6 Å². The highest BCUT2D eigenvalue weighted by molar-refractivity contribution is 7.89. The smallest absolute Gasteiger partial charge is 0.240 e. The van der Waals surface area contributed by atoms with Crippen LogP contribution in [0.15, 0.2) is 23.1 Å². The van der Waals surface area contributed by atoms with Gasteiger partial charge in [-0.1, -0.05) is 0 Å². The minimum Gasteiger partial charge on any atom is -0.486 e. The lowest BCUT2D eigenvalue weighted by Gasteiger charge is -2.35. The summed E-state index contributed by atoms with van der Waals surface area (Å²) in [6.07, 6.45) is 0. The maximum Gasteiger partial charge on any atom is 0.240 e. The van der Waals surface area contributed by atoms with Crippen LogP contribution in [0.3, 0.4) is 0 Å². The molecule has 0 fully saturated rings. The lowest BCUT2D eigenvalue weighted by atomic mass is 10.1. The predicted octanol–water partition coefficient (Wildman–Crippen LogP) is 1.38. The van der Waals surface area contributed by atoms with Crippen molar-refractivity contribution in [1.29, 1.82) is 0 Å². The third-order valence-corrected chi connectivity index (χ3v) is 5.10. The second kappa shape index (κ2) is 6.98. The van der Waals surface area contributed by atoms with Gasteiger partial charge in [0.05, 0.1) is 4.90 Å². The summed E-state index contributed by atoms with van der Waals surface area (Å²) >= 11 is 0. The van der Waals surface area contributed by atoms with Gasteiger partial charge in [-0.25, -0.2) is 13.1 Å². The zero-order valence-electron chi connectivity index (χ0n) is 14.5. The Kier molecular flexibility index (Phi) is 5.39. The van der Waals surface area contributed by atoms with E-state index in [0.29, 0.717) is 31.3 Å². The standard InChI is InChI=1S/C16H24N2O5S/c1-12(19)18(16(2,3)4)8-7-17-24(20,21)13-5-6-14-15(11-13)23-10-9-22-14/h5-6,11,17H,7-10H2,1-4H3. The number of nitrogens with one attached hydrogen (secondary N) is 1. The van der Waals surface area contributed by atoms with Crippen LogP contribution in [-0.2, 0) is 14.8 Å². The largest absolute Gasteiger partial charge is 0.486 e. The molecule has 0 atom stereocenters. The van der Waals surface area contributed by atoms with Crippen LogP contribution in [-0.4, -0.2) is 51.1 Å². The molecular formula is C16H24N2O5S. The Morgan fingerprint density at radius 3 is 2.42 bits per heavy atom. The average Bonchev–Trinajstić information content (AvgIpc) is 2.49. The van der Waals surface area contributed by atoms with E-state index < -0.39 is 10.0 Å². The fourth-order valence-corrected chi connectivity index (χ4v) is 3.57. The summed E-state index contributed by atoms with van der Waals surface area (Å²) in [4.78, 5) is 13.4. The number of sulfonamides is 1.